The number of rotatable bonds is 4. The van der Waals surface area contributed by atoms with E-state index in [1.54, 1.807) is 0 Å². The van der Waals surface area contributed by atoms with Gasteiger partial charge in [-0.3, -0.25) is 0 Å². The molecule has 1 atom stereocenters. The maximum absolute atomic E-state index is 6.18. The number of benzene rings is 2. The van der Waals surface area contributed by atoms with Gasteiger partial charge in [0.05, 0.1) is 6.04 Å². The fourth-order valence-electron chi connectivity index (χ4n) is 2.52. The molecule has 0 saturated heterocycles. The summed E-state index contributed by atoms with van der Waals surface area (Å²) >= 11 is 8.56. The van der Waals surface area contributed by atoms with E-state index in [0.29, 0.717) is 0 Å². The molecule has 106 valence electrons. The van der Waals surface area contributed by atoms with E-state index in [9.17, 15) is 0 Å². The van der Waals surface area contributed by atoms with Gasteiger partial charge in [0.1, 0.15) is 0 Å². The fraction of sp³-hybridized carbons (Fsp3) is 0.294. The first kappa shape index (κ1) is 15.8. The van der Waals surface area contributed by atoms with Crippen LogP contribution in [0.4, 0.5) is 0 Å². The number of nitrogens with one attached hydrogen (secondary N) is 1. The third-order valence-corrected chi connectivity index (χ3v) is 4.47. The third-order valence-electron chi connectivity index (χ3n) is 3.25. The lowest BCUT2D eigenvalue weighted by Crippen LogP contribution is -2.23. The van der Waals surface area contributed by atoms with E-state index in [1.165, 1.54) is 25.8 Å². The summed E-state index contributed by atoms with van der Waals surface area (Å²) in [7, 11) is 0. The highest BCUT2D eigenvalue weighted by atomic mass is 127. The Balaban J connectivity index is 2.52. The molecule has 0 aliphatic carbocycles. The minimum absolute atomic E-state index is 0.184. The summed E-state index contributed by atoms with van der Waals surface area (Å²) < 4.78 is 1.23. The van der Waals surface area contributed by atoms with Crippen molar-refractivity contribution >= 4 is 34.2 Å². The Labute approximate surface area is 139 Å². The lowest BCUT2D eigenvalue weighted by Gasteiger charge is -2.21. The molecule has 0 heterocycles. The van der Waals surface area contributed by atoms with Crippen LogP contribution < -0.4 is 5.32 Å². The first-order chi connectivity index (χ1) is 9.51. The van der Waals surface area contributed by atoms with Crippen LogP contribution in [0.3, 0.4) is 0 Å². The predicted octanol–water partition coefficient (Wildman–Crippen LogP) is 5.26. The minimum atomic E-state index is 0.184. The van der Waals surface area contributed by atoms with Crippen LogP contribution in [0.25, 0.3) is 0 Å². The van der Waals surface area contributed by atoms with Gasteiger partial charge in [0, 0.05) is 8.59 Å². The molecule has 0 aliphatic heterocycles. The molecule has 0 radical (unpaired) electrons. The normalized spacial score (nSPS) is 12.4. The van der Waals surface area contributed by atoms with E-state index in [-0.39, 0.29) is 6.04 Å². The van der Waals surface area contributed by atoms with Crippen LogP contribution in [0.5, 0.6) is 0 Å². The maximum Gasteiger partial charge on any atom is 0.0587 e. The van der Waals surface area contributed by atoms with E-state index in [1.807, 2.05) is 6.07 Å². The minimum Gasteiger partial charge on any atom is -0.306 e. The van der Waals surface area contributed by atoms with Crippen molar-refractivity contribution in [1.82, 2.24) is 5.32 Å². The number of hydrogen-bond acceptors (Lipinski definition) is 1. The maximum atomic E-state index is 6.18. The average Bonchev–Trinajstić information content (AvgIpc) is 2.38. The molecule has 2 rings (SSSR count). The molecule has 1 nitrogen and oxygen atoms in total. The molecule has 0 aromatic heterocycles. The first-order valence-electron chi connectivity index (χ1n) is 6.77. The highest BCUT2D eigenvalue weighted by Gasteiger charge is 2.16. The van der Waals surface area contributed by atoms with Crippen LogP contribution in [0.2, 0.25) is 5.02 Å². The lowest BCUT2D eigenvalue weighted by molar-refractivity contribution is 0.627. The Kier molecular flexibility index (Phi) is 5.47. The molecule has 2 aromatic carbocycles. The second-order valence-electron chi connectivity index (χ2n) is 5.08. The van der Waals surface area contributed by atoms with E-state index < -0.39 is 0 Å². The quantitative estimate of drug-likeness (QED) is 0.692. The summed E-state index contributed by atoms with van der Waals surface area (Å²) in [5, 5.41) is 4.36. The molecule has 1 N–H and O–H groups in total. The van der Waals surface area contributed by atoms with Gasteiger partial charge in [-0.05, 0) is 72.3 Å². The standard InChI is InChI=1S/C17H19ClIN/c1-4-20-17(13-8-11(2)7-12(3)9-13)15-10-14(18)5-6-16(15)19/h5-10,17,20H,4H2,1-3H3. The van der Waals surface area contributed by atoms with Crippen LogP contribution >= 0.6 is 34.2 Å². The Bertz CT molecular complexity index is 590. The van der Waals surface area contributed by atoms with Crippen LogP contribution in [0.1, 0.15) is 35.2 Å². The first-order valence-corrected chi connectivity index (χ1v) is 8.23. The van der Waals surface area contributed by atoms with Crippen LogP contribution in [0.15, 0.2) is 36.4 Å². The van der Waals surface area contributed by atoms with Gasteiger partial charge in [-0.15, -0.1) is 0 Å². The summed E-state index contributed by atoms with van der Waals surface area (Å²) in [5.41, 5.74) is 5.12. The highest BCUT2D eigenvalue weighted by molar-refractivity contribution is 14.1. The molecule has 2 aromatic rings. The molecular formula is C17H19ClIN. The predicted molar refractivity (Wildman–Crippen MR) is 95.6 cm³/mol. The van der Waals surface area contributed by atoms with Gasteiger partial charge in [-0.25, -0.2) is 0 Å². The van der Waals surface area contributed by atoms with Crippen molar-refractivity contribution in [2.75, 3.05) is 6.54 Å². The van der Waals surface area contributed by atoms with Gasteiger partial charge in [0.25, 0.3) is 0 Å². The summed E-state index contributed by atoms with van der Waals surface area (Å²) in [6.45, 7) is 7.33. The number of hydrogen-bond donors (Lipinski definition) is 1. The zero-order chi connectivity index (χ0) is 14.7. The smallest absolute Gasteiger partial charge is 0.0587 e. The van der Waals surface area contributed by atoms with E-state index in [4.69, 9.17) is 11.6 Å². The van der Waals surface area contributed by atoms with Gasteiger partial charge in [0.15, 0.2) is 0 Å². The molecule has 0 saturated carbocycles. The van der Waals surface area contributed by atoms with Gasteiger partial charge in [-0.1, -0.05) is 47.9 Å². The zero-order valence-corrected chi connectivity index (χ0v) is 14.9. The largest absolute Gasteiger partial charge is 0.306 e. The topological polar surface area (TPSA) is 12.0 Å². The van der Waals surface area contributed by atoms with Crippen molar-refractivity contribution in [2.45, 2.75) is 26.8 Å². The van der Waals surface area contributed by atoms with Crippen molar-refractivity contribution in [1.29, 1.82) is 0 Å². The molecule has 0 bridgehead atoms. The number of halogens is 2. The van der Waals surface area contributed by atoms with Crippen LogP contribution in [0, 0.1) is 17.4 Å². The van der Waals surface area contributed by atoms with Crippen LogP contribution in [-0.2, 0) is 0 Å². The highest BCUT2D eigenvalue weighted by Crippen LogP contribution is 2.29. The summed E-state index contributed by atoms with van der Waals surface area (Å²) in [6.07, 6.45) is 0. The summed E-state index contributed by atoms with van der Waals surface area (Å²) in [5.74, 6) is 0. The van der Waals surface area contributed by atoms with Crippen molar-refractivity contribution in [2.24, 2.45) is 0 Å². The van der Waals surface area contributed by atoms with Gasteiger partial charge in [0.2, 0.25) is 0 Å². The fourth-order valence-corrected chi connectivity index (χ4v) is 3.35. The van der Waals surface area contributed by atoms with Gasteiger partial charge < -0.3 is 5.32 Å². The molecular weight excluding hydrogens is 381 g/mol. The summed E-state index contributed by atoms with van der Waals surface area (Å²) in [6, 6.07) is 13.0. The summed E-state index contributed by atoms with van der Waals surface area (Å²) in [4.78, 5) is 0. The Hall–Kier alpha value is -0.580. The lowest BCUT2D eigenvalue weighted by atomic mass is 9.95. The molecule has 0 amide bonds. The molecule has 0 fully saturated rings. The molecule has 3 heteroatoms. The number of aryl methyl sites for hydroxylation is 2. The van der Waals surface area contributed by atoms with Gasteiger partial charge >= 0.3 is 0 Å². The van der Waals surface area contributed by atoms with Crippen molar-refractivity contribution in [3.05, 3.63) is 67.2 Å². The Morgan fingerprint density at radius 3 is 2.35 bits per heavy atom. The monoisotopic (exact) mass is 399 g/mol. The van der Waals surface area contributed by atoms with E-state index >= 15 is 0 Å². The second-order valence-corrected chi connectivity index (χ2v) is 6.68. The second kappa shape index (κ2) is 6.92. The van der Waals surface area contributed by atoms with Crippen molar-refractivity contribution in [3.63, 3.8) is 0 Å². The zero-order valence-electron chi connectivity index (χ0n) is 12.0. The van der Waals surface area contributed by atoms with E-state index in [2.05, 4.69) is 79.0 Å². The van der Waals surface area contributed by atoms with Crippen molar-refractivity contribution in [3.8, 4) is 0 Å². The molecule has 0 aliphatic rings. The van der Waals surface area contributed by atoms with Crippen LogP contribution in [-0.4, -0.2) is 6.54 Å². The Morgan fingerprint density at radius 2 is 1.75 bits per heavy atom. The SMILES string of the molecule is CCNC(c1cc(C)cc(C)c1)c1cc(Cl)ccc1I. The Morgan fingerprint density at radius 1 is 1.10 bits per heavy atom. The molecule has 1 unspecified atom stereocenters. The van der Waals surface area contributed by atoms with E-state index in [0.717, 1.165) is 11.6 Å². The van der Waals surface area contributed by atoms with Crippen molar-refractivity contribution < 1.29 is 0 Å². The average molecular weight is 400 g/mol. The third kappa shape index (κ3) is 3.74. The van der Waals surface area contributed by atoms with Gasteiger partial charge in [-0.2, -0.15) is 0 Å². The molecule has 20 heavy (non-hydrogen) atoms. The molecule has 0 spiro atoms.